The number of benzene rings is 1. The van der Waals surface area contributed by atoms with E-state index in [0.717, 1.165) is 18.4 Å². The summed E-state index contributed by atoms with van der Waals surface area (Å²) in [5.74, 6) is -0.279. The molecular formula is C13H17NO2. The van der Waals surface area contributed by atoms with Crippen LogP contribution in [-0.4, -0.2) is 17.6 Å². The molecule has 3 nitrogen and oxygen atoms in total. The van der Waals surface area contributed by atoms with Crippen LogP contribution in [0, 0.1) is 11.8 Å². The van der Waals surface area contributed by atoms with Gasteiger partial charge >= 0.3 is 0 Å². The summed E-state index contributed by atoms with van der Waals surface area (Å²) in [6, 6.07) is 9.65. The minimum Gasteiger partial charge on any atom is -0.396 e. The fraction of sp³-hybridized carbons (Fsp3) is 0.462. The van der Waals surface area contributed by atoms with E-state index in [0.29, 0.717) is 5.92 Å². The summed E-state index contributed by atoms with van der Waals surface area (Å²) in [6.45, 7) is -0.0197. The molecule has 1 amide bonds. The highest BCUT2D eigenvalue weighted by Crippen LogP contribution is 2.43. The molecule has 1 aliphatic rings. The zero-order valence-corrected chi connectivity index (χ0v) is 9.17. The van der Waals surface area contributed by atoms with Crippen molar-refractivity contribution in [3.8, 4) is 0 Å². The van der Waals surface area contributed by atoms with Crippen LogP contribution in [0.4, 0.5) is 0 Å². The fourth-order valence-electron chi connectivity index (χ4n) is 2.34. The zero-order valence-electron chi connectivity index (χ0n) is 9.17. The summed E-state index contributed by atoms with van der Waals surface area (Å²) < 4.78 is 0. The molecule has 1 aliphatic carbocycles. The summed E-state index contributed by atoms with van der Waals surface area (Å²) in [7, 11) is 0. The minimum absolute atomic E-state index is 0.0197. The number of rotatable bonds is 5. The second-order valence-electron chi connectivity index (χ2n) is 4.47. The second-order valence-corrected chi connectivity index (χ2v) is 4.47. The quantitative estimate of drug-likeness (QED) is 0.783. The van der Waals surface area contributed by atoms with Crippen molar-refractivity contribution in [3.05, 3.63) is 35.9 Å². The molecule has 1 fully saturated rings. The van der Waals surface area contributed by atoms with Gasteiger partial charge in [-0.1, -0.05) is 30.3 Å². The summed E-state index contributed by atoms with van der Waals surface area (Å²) in [6.07, 6.45) is 2.11. The van der Waals surface area contributed by atoms with E-state index in [4.69, 9.17) is 5.73 Å². The topological polar surface area (TPSA) is 63.3 Å². The Bertz CT molecular complexity index is 359. The molecule has 0 aliphatic heterocycles. The van der Waals surface area contributed by atoms with Crippen molar-refractivity contribution in [1.29, 1.82) is 0 Å². The fourth-order valence-corrected chi connectivity index (χ4v) is 2.34. The van der Waals surface area contributed by atoms with Gasteiger partial charge in [-0.2, -0.15) is 0 Å². The molecule has 0 aromatic heterocycles. The highest BCUT2D eigenvalue weighted by atomic mass is 16.3. The van der Waals surface area contributed by atoms with Gasteiger partial charge in [0, 0.05) is 11.8 Å². The van der Waals surface area contributed by atoms with Gasteiger partial charge in [0.05, 0.1) is 6.61 Å². The number of primary amides is 1. The third kappa shape index (κ3) is 2.25. The van der Waals surface area contributed by atoms with Crippen LogP contribution < -0.4 is 5.73 Å². The first kappa shape index (κ1) is 11.1. The van der Waals surface area contributed by atoms with Crippen LogP contribution in [-0.2, 0) is 4.79 Å². The van der Waals surface area contributed by atoms with Gasteiger partial charge in [0.1, 0.15) is 0 Å². The SMILES string of the molecule is NC(=O)C(C1CC1)C(CO)c1ccccc1. The standard InChI is InChI=1S/C13H17NO2/c14-13(16)12(10-6-7-10)11(8-15)9-4-2-1-3-5-9/h1-5,10-12,15H,6-8H2,(H2,14,16). The Labute approximate surface area is 95.3 Å². The second kappa shape index (κ2) is 4.66. The Kier molecular flexibility index (Phi) is 3.25. The van der Waals surface area contributed by atoms with Crippen LogP contribution >= 0.6 is 0 Å². The van der Waals surface area contributed by atoms with Gasteiger partial charge in [0.15, 0.2) is 0 Å². The lowest BCUT2D eigenvalue weighted by molar-refractivity contribution is -0.123. The van der Waals surface area contributed by atoms with Gasteiger partial charge in [-0.25, -0.2) is 0 Å². The Morgan fingerprint density at radius 2 is 2.00 bits per heavy atom. The molecule has 3 heteroatoms. The molecule has 1 aromatic rings. The Morgan fingerprint density at radius 1 is 1.38 bits per heavy atom. The maximum atomic E-state index is 11.5. The monoisotopic (exact) mass is 219 g/mol. The van der Waals surface area contributed by atoms with Crippen molar-refractivity contribution >= 4 is 5.91 Å². The molecule has 2 unspecified atom stereocenters. The zero-order chi connectivity index (χ0) is 11.5. The van der Waals surface area contributed by atoms with E-state index in [1.54, 1.807) is 0 Å². The number of amides is 1. The highest BCUT2D eigenvalue weighted by Gasteiger charge is 2.40. The van der Waals surface area contributed by atoms with Crippen molar-refractivity contribution in [2.75, 3.05) is 6.61 Å². The molecular weight excluding hydrogens is 202 g/mol. The van der Waals surface area contributed by atoms with Gasteiger partial charge < -0.3 is 10.8 Å². The average Bonchev–Trinajstić information content (AvgIpc) is 3.10. The van der Waals surface area contributed by atoms with E-state index in [1.807, 2.05) is 30.3 Å². The lowest BCUT2D eigenvalue weighted by atomic mass is 9.83. The molecule has 1 aromatic carbocycles. The van der Waals surface area contributed by atoms with Gasteiger partial charge in [0.2, 0.25) is 5.91 Å². The van der Waals surface area contributed by atoms with E-state index in [2.05, 4.69) is 0 Å². The van der Waals surface area contributed by atoms with Crippen molar-refractivity contribution in [3.63, 3.8) is 0 Å². The van der Waals surface area contributed by atoms with Crippen LogP contribution in [0.15, 0.2) is 30.3 Å². The molecule has 3 N–H and O–H groups in total. The van der Waals surface area contributed by atoms with Crippen LogP contribution in [0.5, 0.6) is 0 Å². The third-order valence-electron chi connectivity index (χ3n) is 3.32. The first-order valence-corrected chi connectivity index (χ1v) is 5.69. The molecule has 86 valence electrons. The predicted molar refractivity (Wildman–Crippen MR) is 61.7 cm³/mol. The van der Waals surface area contributed by atoms with Crippen molar-refractivity contribution < 1.29 is 9.90 Å². The van der Waals surface area contributed by atoms with Crippen molar-refractivity contribution in [2.45, 2.75) is 18.8 Å². The molecule has 0 saturated heterocycles. The molecule has 1 saturated carbocycles. The normalized spacial score (nSPS) is 19.1. The largest absolute Gasteiger partial charge is 0.396 e. The molecule has 0 heterocycles. The number of carbonyl (C=O) groups is 1. The van der Waals surface area contributed by atoms with Crippen molar-refractivity contribution in [2.24, 2.45) is 17.6 Å². The van der Waals surface area contributed by atoms with Crippen LogP contribution in [0.2, 0.25) is 0 Å². The van der Waals surface area contributed by atoms with Crippen molar-refractivity contribution in [1.82, 2.24) is 0 Å². The number of nitrogens with two attached hydrogens (primary N) is 1. The number of aliphatic hydroxyl groups excluding tert-OH is 1. The molecule has 0 spiro atoms. The van der Waals surface area contributed by atoms with E-state index < -0.39 is 0 Å². The summed E-state index contributed by atoms with van der Waals surface area (Å²) in [4.78, 5) is 11.5. The number of hydrogen-bond acceptors (Lipinski definition) is 2. The first-order valence-electron chi connectivity index (χ1n) is 5.69. The molecule has 2 atom stereocenters. The lowest BCUT2D eigenvalue weighted by Crippen LogP contribution is -2.32. The number of aliphatic hydroxyl groups is 1. The smallest absolute Gasteiger partial charge is 0.221 e. The Hall–Kier alpha value is -1.35. The molecule has 0 bridgehead atoms. The maximum Gasteiger partial charge on any atom is 0.221 e. The summed E-state index contributed by atoms with van der Waals surface area (Å²) in [5, 5.41) is 9.47. The highest BCUT2D eigenvalue weighted by molar-refractivity contribution is 5.78. The average molecular weight is 219 g/mol. The molecule has 0 radical (unpaired) electrons. The van der Waals surface area contributed by atoms with Crippen LogP contribution in [0.3, 0.4) is 0 Å². The summed E-state index contributed by atoms with van der Waals surface area (Å²) in [5.41, 5.74) is 6.44. The Balaban J connectivity index is 2.23. The number of carbonyl (C=O) groups excluding carboxylic acids is 1. The van der Waals surface area contributed by atoms with Gasteiger partial charge in [-0.15, -0.1) is 0 Å². The van der Waals surface area contributed by atoms with E-state index >= 15 is 0 Å². The number of hydrogen-bond donors (Lipinski definition) is 2. The van der Waals surface area contributed by atoms with E-state index in [1.165, 1.54) is 0 Å². The Morgan fingerprint density at radius 3 is 2.44 bits per heavy atom. The van der Waals surface area contributed by atoms with Gasteiger partial charge in [0.25, 0.3) is 0 Å². The van der Waals surface area contributed by atoms with Crippen LogP contribution in [0.25, 0.3) is 0 Å². The van der Waals surface area contributed by atoms with Gasteiger partial charge in [-0.05, 0) is 24.3 Å². The van der Waals surface area contributed by atoms with E-state index in [9.17, 15) is 9.90 Å². The maximum absolute atomic E-state index is 11.5. The summed E-state index contributed by atoms with van der Waals surface area (Å²) >= 11 is 0. The molecule has 16 heavy (non-hydrogen) atoms. The minimum atomic E-state index is -0.287. The first-order chi connectivity index (χ1) is 7.74. The lowest BCUT2D eigenvalue weighted by Gasteiger charge is -2.23. The van der Waals surface area contributed by atoms with Gasteiger partial charge in [-0.3, -0.25) is 4.79 Å². The molecule has 2 rings (SSSR count). The van der Waals surface area contributed by atoms with Crippen LogP contribution in [0.1, 0.15) is 24.3 Å². The van der Waals surface area contributed by atoms with E-state index in [-0.39, 0.29) is 24.3 Å². The predicted octanol–water partition coefficient (Wildman–Crippen LogP) is 1.27. The third-order valence-corrected chi connectivity index (χ3v) is 3.32.